The van der Waals surface area contributed by atoms with Crippen molar-refractivity contribution < 1.29 is 4.79 Å². The van der Waals surface area contributed by atoms with Gasteiger partial charge in [0.15, 0.2) is 0 Å². The SMILES string of the molecule is Cc1cc(C)n(CCC(=O)N2CC(c3nncn3C3CC3)C3(CCC3)C2)n1. The van der Waals surface area contributed by atoms with E-state index in [1.807, 2.05) is 24.9 Å². The number of amides is 1. The molecular weight excluding hydrogens is 340 g/mol. The topological polar surface area (TPSA) is 68.8 Å². The number of rotatable bonds is 5. The summed E-state index contributed by atoms with van der Waals surface area (Å²) >= 11 is 0. The molecule has 1 unspecified atom stereocenters. The second-order valence-electron chi connectivity index (χ2n) is 8.77. The van der Waals surface area contributed by atoms with Gasteiger partial charge in [-0.25, -0.2) is 0 Å². The Morgan fingerprint density at radius 3 is 2.74 bits per heavy atom. The molecule has 144 valence electrons. The van der Waals surface area contributed by atoms with Crippen LogP contribution in [0.3, 0.4) is 0 Å². The van der Waals surface area contributed by atoms with Crippen LogP contribution in [0.1, 0.15) is 67.7 Å². The minimum atomic E-state index is 0.230. The first kappa shape index (κ1) is 17.0. The van der Waals surface area contributed by atoms with Crippen LogP contribution in [0.5, 0.6) is 0 Å². The predicted molar refractivity (Wildman–Crippen MR) is 100 cm³/mol. The van der Waals surface area contributed by atoms with Gasteiger partial charge in [0.25, 0.3) is 0 Å². The monoisotopic (exact) mass is 368 g/mol. The zero-order chi connectivity index (χ0) is 18.6. The second-order valence-corrected chi connectivity index (χ2v) is 8.77. The third-order valence-corrected chi connectivity index (χ3v) is 6.84. The first-order valence-electron chi connectivity index (χ1n) is 10.2. The maximum Gasteiger partial charge on any atom is 0.224 e. The molecule has 0 bridgehead atoms. The zero-order valence-corrected chi connectivity index (χ0v) is 16.3. The quantitative estimate of drug-likeness (QED) is 0.813. The van der Waals surface area contributed by atoms with E-state index in [2.05, 4.69) is 30.8 Å². The summed E-state index contributed by atoms with van der Waals surface area (Å²) in [5.74, 6) is 1.70. The summed E-state index contributed by atoms with van der Waals surface area (Å²) in [6.07, 6.45) is 8.55. The normalized spacial score (nSPS) is 23.8. The minimum Gasteiger partial charge on any atom is -0.341 e. The van der Waals surface area contributed by atoms with Gasteiger partial charge < -0.3 is 9.47 Å². The third-order valence-electron chi connectivity index (χ3n) is 6.84. The second kappa shape index (κ2) is 6.17. The van der Waals surface area contributed by atoms with E-state index in [1.165, 1.54) is 32.1 Å². The lowest BCUT2D eigenvalue weighted by atomic mass is 9.62. The van der Waals surface area contributed by atoms with Crippen LogP contribution in [0, 0.1) is 19.3 Å². The van der Waals surface area contributed by atoms with Gasteiger partial charge in [0.05, 0.1) is 5.69 Å². The van der Waals surface area contributed by atoms with E-state index in [9.17, 15) is 4.79 Å². The fraction of sp³-hybridized carbons (Fsp3) is 0.700. The molecule has 1 spiro atoms. The molecule has 1 aliphatic heterocycles. The maximum atomic E-state index is 13.0. The first-order valence-corrected chi connectivity index (χ1v) is 10.2. The number of aryl methyl sites for hydroxylation is 3. The molecule has 1 amide bonds. The number of carbonyl (C=O) groups is 1. The molecule has 2 aromatic rings. The molecule has 0 N–H and O–H groups in total. The van der Waals surface area contributed by atoms with Crippen molar-refractivity contribution in [1.29, 1.82) is 0 Å². The highest BCUT2D eigenvalue weighted by molar-refractivity contribution is 5.76. The molecule has 3 heterocycles. The fourth-order valence-corrected chi connectivity index (χ4v) is 5.05. The number of carbonyl (C=O) groups excluding carboxylic acids is 1. The summed E-state index contributed by atoms with van der Waals surface area (Å²) in [6.45, 7) is 6.37. The van der Waals surface area contributed by atoms with E-state index in [1.54, 1.807) is 0 Å². The predicted octanol–water partition coefficient (Wildman–Crippen LogP) is 2.61. The van der Waals surface area contributed by atoms with Gasteiger partial charge in [-0.15, -0.1) is 10.2 Å². The highest BCUT2D eigenvalue weighted by Gasteiger charge is 2.53. The van der Waals surface area contributed by atoms with Crippen LogP contribution < -0.4 is 0 Å². The van der Waals surface area contributed by atoms with Crippen molar-refractivity contribution in [3.8, 4) is 0 Å². The van der Waals surface area contributed by atoms with Crippen molar-refractivity contribution in [1.82, 2.24) is 29.4 Å². The van der Waals surface area contributed by atoms with Gasteiger partial charge in [-0.1, -0.05) is 6.42 Å². The van der Waals surface area contributed by atoms with Crippen molar-refractivity contribution in [2.45, 2.75) is 70.9 Å². The summed E-state index contributed by atoms with van der Waals surface area (Å²) in [6, 6.07) is 2.65. The summed E-state index contributed by atoms with van der Waals surface area (Å²) in [5.41, 5.74) is 2.36. The maximum absolute atomic E-state index is 13.0. The van der Waals surface area contributed by atoms with Crippen LogP contribution >= 0.6 is 0 Å². The molecule has 0 radical (unpaired) electrons. The first-order chi connectivity index (χ1) is 13.1. The van der Waals surface area contributed by atoms with Crippen LogP contribution in [0.25, 0.3) is 0 Å². The number of hydrogen-bond acceptors (Lipinski definition) is 4. The van der Waals surface area contributed by atoms with E-state index in [0.29, 0.717) is 24.9 Å². The fourth-order valence-electron chi connectivity index (χ4n) is 5.05. The summed E-state index contributed by atoms with van der Waals surface area (Å²) in [5, 5.41) is 13.2. The average Bonchev–Trinajstić information content (AvgIpc) is 3.05. The molecule has 2 aromatic heterocycles. The Balaban J connectivity index is 1.30. The van der Waals surface area contributed by atoms with Gasteiger partial charge in [-0.3, -0.25) is 9.48 Å². The average molecular weight is 368 g/mol. The Morgan fingerprint density at radius 1 is 1.30 bits per heavy atom. The van der Waals surface area contributed by atoms with Crippen LogP contribution in [-0.2, 0) is 11.3 Å². The van der Waals surface area contributed by atoms with Crippen molar-refractivity contribution in [3.05, 3.63) is 29.6 Å². The third kappa shape index (κ3) is 2.87. The molecule has 3 fully saturated rings. The van der Waals surface area contributed by atoms with Gasteiger partial charge in [0.1, 0.15) is 12.2 Å². The highest BCUT2D eigenvalue weighted by Crippen LogP contribution is 2.56. The molecule has 3 aliphatic rings. The Kier molecular flexibility index (Phi) is 3.88. The van der Waals surface area contributed by atoms with E-state index >= 15 is 0 Å². The van der Waals surface area contributed by atoms with E-state index < -0.39 is 0 Å². The van der Waals surface area contributed by atoms with Crippen molar-refractivity contribution >= 4 is 5.91 Å². The summed E-state index contributed by atoms with van der Waals surface area (Å²) < 4.78 is 4.23. The smallest absolute Gasteiger partial charge is 0.224 e. The molecule has 27 heavy (non-hydrogen) atoms. The molecule has 1 saturated heterocycles. The Hall–Kier alpha value is -2.18. The van der Waals surface area contributed by atoms with Crippen LogP contribution in [-0.4, -0.2) is 48.4 Å². The van der Waals surface area contributed by atoms with Crippen LogP contribution in [0.15, 0.2) is 12.4 Å². The van der Waals surface area contributed by atoms with Gasteiger partial charge in [-0.05, 0) is 51.0 Å². The van der Waals surface area contributed by atoms with E-state index in [0.717, 1.165) is 30.3 Å². The Morgan fingerprint density at radius 2 is 2.11 bits per heavy atom. The summed E-state index contributed by atoms with van der Waals surface area (Å²) in [4.78, 5) is 15.0. The molecule has 7 heteroatoms. The van der Waals surface area contributed by atoms with Gasteiger partial charge >= 0.3 is 0 Å². The molecule has 1 atom stereocenters. The van der Waals surface area contributed by atoms with Crippen LogP contribution in [0.4, 0.5) is 0 Å². The molecule has 0 aromatic carbocycles. The number of aromatic nitrogens is 5. The highest BCUT2D eigenvalue weighted by atomic mass is 16.2. The van der Waals surface area contributed by atoms with Gasteiger partial charge in [0.2, 0.25) is 5.91 Å². The minimum absolute atomic E-state index is 0.230. The molecule has 5 rings (SSSR count). The lowest BCUT2D eigenvalue weighted by Crippen LogP contribution is -2.38. The Labute approximate surface area is 159 Å². The van der Waals surface area contributed by atoms with E-state index in [4.69, 9.17) is 0 Å². The van der Waals surface area contributed by atoms with Crippen molar-refractivity contribution in [3.63, 3.8) is 0 Å². The lowest BCUT2D eigenvalue weighted by Gasteiger charge is -2.42. The number of likely N-dealkylation sites (tertiary alicyclic amines) is 1. The molecule has 2 aliphatic carbocycles. The number of nitrogens with zero attached hydrogens (tertiary/aromatic N) is 6. The van der Waals surface area contributed by atoms with Gasteiger partial charge in [0, 0.05) is 43.7 Å². The zero-order valence-electron chi connectivity index (χ0n) is 16.3. The standard InChI is InChI=1S/C20H28N6O/c1-14-10-15(2)26(23-14)9-6-18(27)24-11-17(20(12-24)7-3-8-20)19-22-21-13-25(19)16-4-5-16/h10,13,16-17H,3-9,11-12H2,1-2H3. The molecular formula is C20H28N6O. The van der Waals surface area contributed by atoms with Gasteiger partial charge in [-0.2, -0.15) is 5.10 Å². The largest absolute Gasteiger partial charge is 0.341 e. The Bertz CT molecular complexity index is 860. The lowest BCUT2D eigenvalue weighted by molar-refractivity contribution is -0.131. The molecule has 7 nitrogen and oxygen atoms in total. The number of hydrogen-bond donors (Lipinski definition) is 0. The van der Waals surface area contributed by atoms with Crippen molar-refractivity contribution in [2.75, 3.05) is 13.1 Å². The van der Waals surface area contributed by atoms with E-state index in [-0.39, 0.29) is 11.3 Å². The molecule has 2 saturated carbocycles. The summed E-state index contributed by atoms with van der Waals surface area (Å²) in [7, 11) is 0. The van der Waals surface area contributed by atoms with Crippen molar-refractivity contribution in [2.24, 2.45) is 5.41 Å². The van der Waals surface area contributed by atoms with Crippen LogP contribution in [0.2, 0.25) is 0 Å².